The highest BCUT2D eigenvalue weighted by Gasteiger charge is 2.08. The van der Waals surface area contributed by atoms with Gasteiger partial charge < -0.3 is 9.84 Å². The van der Waals surface area contributed by atoms with Crippen LogP contribution in [0.15, 0.2) is 0 Å². The fourth-order valence-electron chi connectivity index (χ4n) is 0.557. The largest absolute Gasteiger partial charge is 0.466 e. The van der Waals surface area contributed by atoms with Crippen molar-refractivity contribution >= 4 is 5.97 Å². The van der Waals surface area contributed by atoms with E-state index in [1.54, 1.807) is 6.92 Å². The van der Waals surface area contributed by atoms with E-state index in [9.17, 15) is 4.79 Å². The molecule has 0 saturated heterocycles. The summed E-state index contributed by atoms with van der Waals surface area (Å²) in [5.41, 5.74) is 0. The average Bonchev–Trinajstić information content (AvgIpc) is 1.88. The molecule has 1 unspecified atom stereocenters. The second-order valence-corrected chi connectivity index (χ2v) is 2.07. The molecule has 0 rings (SSSR count). The van der Waals surface area contributed by atoms with E-state index < -0.39 is 6.10 Å². The van der Waals surface area contributed by atoms with Gasteiger partial charge in [-0.05, 0) is 13.3 Å². The Morgan fingerprint density at radius 2 is 2.20 bits per heavy atom. The molecule has 0 radical (unpaired) electrons. The Balaban J connectivity index is 3.37. The first kappa shape index (κ1) is 9.43. The summed E-state index contributed by atoms with van der Waals surface area (Å²) in [6.45, 7) is 3.95. The zero-order valence-electron chi connectivity index (χ0n) is 6.46. The van der Waals surface area contributed by atoms with E-state index in [0.717, 1.165) is 0 Å². The molecule has 0 aliphatic carbocycles. The third kappa shape index (κ3) is 4.32. The molecule has 0 saturated carbocycles. The average molecular weight is 146 g/mol. The number of esters is 1. The van der Waals surface area contributed by atoms with Crippen LogP contribution in [0.25, 0.3) is 0 Å². The van der Waals surface area contributed by atoms with Crippen LogP contribution in [0.4, 0.5) is 0 Å². The lowest BCUT2D eigenvalue weighted by atomic mass is 10.2. The molecule has 0 spiro atoms. The molecule has 60 valence electrons. The maximum atomic E-state index is 10.6. The molecular weight excluding hydrogens is 132 g/mol. The van der Waals surface area contributed by atoms with Crippen molar-refractivity contribution in [2.75, 3.05) is 6.61 Å². The first-order valence-corrected chi connectivity index (χ1v) is 3.54. The number of aliphatic hydroxyl groups excluding tert-OH is 1. The van der Waals surface area contributed by atoms with Gasteiger partial charge in [-0.3, -0.25) is 4.79 Å². The number of hydrogen-bond donors (Lipinski definition) is 1. The summed E-state index contributed by atoms with van der Waals surface area (Å²) in [5, 5.41) is 8.95. The molecule has 0 aromatic rings. The highest BCUT2D eigenvalue weighted by Crippen LogP contribution is 1.97. The summed E-state index contributed by atoms with van der Waals surface area (Å²) in [7, 11) is 0. The van der Waals surface area contributed by atoms with Crippen molar-refractivity contribution in [1.82, 2.24) is 0 Å². The summed E-state index contributed by atoms with van der Waals surface area (Å²) in [4.78, 5) is 10.6. The SMILES string of the molecule is CCOC(=O)CC(O)CC. The molecule has 0 bridgehead atoms. The van der Waals surface area contributed by atoms with Gasteiger partial charge in [0, 0.05) is 0 Å². The number of carbonyl (C=O) groups is 1. The lowest BCUT2D eigenvalue weighted by Crippen LogP contribution is -2.14. The zero-order valence-corrected chi connectivity index (χ0v) is 6.46. The number of rotatable bonds is 4. The molecule has 1 atom stereocenters. The summed E-state index contributed by atoms with van der Waals surface area (Å²) in [6, 6.07) is 0. The first-order chi connectivity index (χ1) is 4.70. The smallest absolute Gasteiger partial charge is 0.308 e. The Hall–Kier alpha value is -0.570. The molecule has 10 heavy (non-hydrogen) atoms. The van der Waals surface area contributed by atoms with Gasteiger partial charge in [-0.1, -0.05) is 6.92 Å². The van der Waals surface area contributed by atoms with E-state index in [2.05, 4.69) is 4.74 Å². The minimum Gasteiger partial charge on any atom is -0.466 e. The summed E-state index contributed by atoms with van der Waals surface area (Å²) in [6.07, 6.45) is 0.169. The highest BCUT2D eigenvalue weighted by molar-refractivity contribution is 5.69. The monoisotopic (exact) mass is 146 g/mol. The third-order valence-electron chi connectivity index (χ3n) is 1.18. The molecule has 0 amide bonds. The Bertz CT molecular complexity index is 101. The van der Waals surface area contributed by atoms with Crippen LogP contribution in [0, 0.1) is 0 Å². The molecule has 0 aromatic carbocycles. The summed E-state index contributed by atoms with van der Waals surface area (Å²) >= 11 is 0. The third-order valence-corrected chi connectivity index (χ3v) is 1.18. The van der Waals surface area contributed by atoms with Crippen LogP contribution >= 0.6 is 0 Å². The Morgan fingerprint density at radius 1 is 1.60 bits per heavy atom. The normalized spacial score (nSPS) is 12.7. The van der Waals surface area contributed by atoms with Gasteiger partial charge in [-0.2, -0.15) is 0 Å². The maximum absolute atomic E-state index is 10.6. The van der Waals surface area contributed by atoms with E-state index in [1.165, 1.54) is 0 Å². The van der Waals surface area contributed by atoms with E-state index in [0.29, 0.717) is 13.0 Å². The predicted molar refractivity (Wildman–Crippen MR) is 37.5 cm³/mol. The van der Waals surface area contributed by atoms with Crippen molar-refractivity contribution in [3.8, 4) is 0 Å². The van der Waals surface area contributed by atoms with Crippen LogP contribution in [0.3, 0.4) is 0 Å². The molecule has 0 heterocycles. The summed E-state index contributed by atoms with van der Waals surface area (Å²) in [5.74, 6) is -0.322. The molecule has 0 aliphatic rings. The molecule has 0 aliphatic heterocycles. The van der Waals surface area contributed by atoms with Crippen molar-refractivity contribution in [2.45, 2.75) is 32.8 Å². The lowest BCUT2D eigenvalue weighted by Gasteiger charge is -2.05. The van der Waals surface area contributed by atoms with E-state index >= 15 is 0 Å². The fraction of sp³-hybridized carbons (Fsp3) is 0.857. The fourth-order valence-corrected chi connectivity index (χ4v) is 0.557. The standard InChI is InChI=1S/C7H14O3/c1-3-6(8)5-7(9)10-4-2/h6,8H,3-5H2,1-2H3. The van der Waals surface area contributed by atoms with Crippen molar-refractivity contribution < 1.29 is 14.6 Å². The van der Waals surface area contributed by atoms with E-state index in [-0.39, 0.29) is 12.4 Å². The topological polar surface area (TPSA) is 46.5 Å². The number of carbonyl (C=O) groups excluding carboxylic acids is 1. The van der Waals surface area contributed by atoms with Crippen LogP contribution in [-0.4, -0.2) is 23.8 Å². The van der Waals surface area contributed by atoms with Crippen LogP contribution < -0.4 is 0 Å². The lowest BCUT2D eigenvalue weighted by molar-refractivity contribution is -0.145. The quantitative estimate of drug-likeness (QED) is 0.594. The van der Waals surface area contributed by atoms with Gasteiger partial charge in [0.1, 0.15) is 0 Å². The minimum atomic E-state index is -0.543. The van der Waals surface area contributed by atoms with Crippen LogP contribution in [0.2, 0.25) is 0 Å². The number of hydrogen-bond acceptors (Lipinski definition) is 3. The molecular formula is C7H14O3. The number of ether oxygens (including phenoxy) is 1. The maximum Gasteiger partial charge on any atom is 0.308 e. The van der Waals surface area contributed by atoms with E-state index in [1.807, 2.05) is 6.92 Å². The summed E-state index contributed by atoms with van der Waals surface area (Å²) < 4.78 is 4.62. The Kier molecular flexibility index (Phi) is 4.94. The first-order valence-electron chi connectivity index (χ1n) is 3.54. The van der Waals surface area contributed by atoms with Crippen LogP contribution in [-0.2, 0) is 9.53 Å². The van der Waals surface area contributed by atoms with E-state index in [4.69, 9.17) is 5.11 Å². The van der Waals surface area contributed by atoms with Gasteiger partial charge in [0.05, 0.1) is 19.1 Å². The molecule has 0 aromatic heterocycles. The van der Waals surface area contributed by atoms with Gasteiger partial charge in [-0.15, -0.1) is 0 Å². The molecule has 1 N–H and O–H groups in total. The van der Waals surface area contributed by atoms with Crippen molar-refractivity contribution in [3.05, 3.63) is 0 Å². The van der Waals surface area contributed by atoms with Crippen molar-refractivity contribution in [2.24, 2.45) is 0 Å². The second kappa shape index (κ2) is 5.23. The molecule has 0 fully saturated rings. The number of aliphatic hydroxyl groups is 1. The predicted octanol–water partition coefficient (Wildman–Crippen LogP) is 0.711. The van der Waals surface area contributed by atoms with Crippen molar-refractivity contribution in [1.29, 1.82) is 0 Å². The molecule has 3 nitrogen and oxygen atoms in total. The minimum absolute atomic E-state index is 0.115. The Labute approximate surface area is 61.0 Å². The second-order valence-electron chi connectivity index (χ2n) is 2.07. The van der Waals surface area contributed by atoms with Gasteiger partial charge in [0.25, 0.3) is 0 Å². The Morgan fingerprint density at radius 3 is 2.60 bits per heavy atom. The van der Waals surface area contributed by atoms with Gasteiger partial charge in [0.15, 0.2) is 0 Å². The van der Waals surface area contributed by atoms with Crippen LogP contribution in [0.5, 0.6) is 0 Å². The zero-order chi connectivity index (χ0) is 7.98. The van der Waals surface area contributed by atoms with Crippen molar-refractivity contribution in [3.63, 3.8) is 0 Å². The van der Waals surface area contributed by atoms with Crippen LogP contribution in [0.1, 0.15) is 26.7 Å². The van der Waals surface area contributed by atoms with Gasteiger partial charge in [-0.25, -0.2) is 0 Å². The molecule has 3 heteroatoms. The van der Waals surface area contributed by atoms with Gasteiger partial charge in [0.2, 0.25) is 0 Å². The van der Waals surface area contributed by atoms with Gasteiger partial charge >= 0.3 is 5.97 Å². The highest BCUT2D eigenvalue weighted by atomic mass is 16.5.